The molecule has 41 heavy (non-hydrogen) atoms. The van der Waals surface area contributed by atoms with Crippen molar-refractivity contribution in [2.24, 2.45) is 5.92 Å². The van der Waals surface area contributed by atoms with Crippen LogP contribution in [0.1, 0.15) is 56.6 Å². The van der Waals surface area contributed by atoms with Gasteiger partial charge in [0.05, 0.1) is 12.7 Å². The third kappa shape index (κ3) is 6.78. The maximum absolute atomic E-state index is 13.6. The highest BCUT2D eigenvalue weighted by Crippen LogP contribution is 2.44. The topological polar surface area (TPSA) is 105 Å². The van der Waals surface area contributed by atoms with Crippen LogP contribution < -0.4 is 5.32 Å². The second-order valence-corrected chi connectivity index (χ2v) is 10.9. The maximum atomic E-state index is 13.6. The Morgan fingerprint density at radius 1 is 1.00 bits per heavy atom. The molecule has 0 radical (unpaired) electrons. The van der Waals surface area contributed by atoms with Gasteiger partial charge in [-0.1, -0.05) is 69.0 Å². The fourth-order valence-corrected chi connectivity index (χ4v) is 5.83. The fourth-order valence-electron chi connectivity index (χ4n) is 5.83. The van der Waals surface area contributed by atoms with E-state index in [1.807, 2.05) is 50.2 Å². The summed E-state index contributed by atoms with van der Waals surface area (Å²) in [4.78, 5) is 55.3. The minimum Gasteiger partial charge on any atom is -0.448 e. The van der Waals surface area contributed by atoms with Crippen LogP contribution in [0.2, 0.25) is 0 Å². The number of carbonyl (C=O) groups excluding carboxylic acids is 4. The Kier molecular flexibility index (Phi) is 9.81. The lowest BCUT2D eigenvalue weighted by molar-refractivity contribution is -0.145. The van der Waals surface area contributed by atoms with E-state index in [0.717, 1.165) is 47.8 Å². The van der Waals surface area contributed by atoms with Gasteiger partial charge in [0.25, 0.3) is 0 Å². The van der Waals surface area contributed by atoms with Gasteiger partial charge in [0.2, 0.25) is 11.8 Å². The first-order valence-corrected chi connectivity index (χ1v) is 14.2. The average molecular weight is 562 g/mol. The van der Waals surface area contributed by atoms with Crippen LogP contribution in [0.15, 0.2) is 61.4 Å². The minimum atomic E-state index is -1.12. The van der Waals surface area contributed by atoms with Crippen LogP contribution in [-0.2, 0) is 23.9 Å². The van der Waals surface area contributed by atoms with Crippen LogP contribution in [0.3, 0.4) is 0 Å². The second-order valence-electron chi connectivity index (χ2n) is 10.9. The number of likely N-dealkylation sites (N-methyl/N-ethyl adjacent to an activating group) is 1. The molecule has 2 aliphatic rings. The number of nitrogens with zero attached hydrogens (tertiary/aromatic N) is 2. The number of piperidine rings is 1. The molecule has 2 atom stereocenters. The van der Waals surface area contributed by atoms with E-state index in [-0.39, 0.29) is 30.8 Å². The van der Waals surface area contributed by atoms with E-state index in [1.165, 1.54) is 11.9 Å². The van der Waals surface area contributed by atoms with Crippen molar-refractivity contribution in [1.29, 1.82) is 0 Å². The van der Waals surface area contributed by atoms with Crippen molar-refractivity contribution in [1.82, 2.24) is 15.1 Å². The van der Waals surface area contributed by atoms with E-state index in [9.17, 15) is 19.2 Å². The molecule has 9 nitrogen and oxygen atoms in total. The van der Waals surface area contributed by atoms with Gasteiger partial charge in [0, 0.05) is 26.1 Å². The maximum Gasteiger partial charge on any atom is 0.410 e. The Balaban J connectivity index is 1.45. The Morgan fingerprint density at radius 2 is 1.59 bits per heavy atom. The van der Waals surface area contributed by atoms with Gasteiger partial charge < -0.3 is 19.7 Å². The molecule has 1 aliphatic carbocycles. The molecule has 1 saturated heterocycles. The smallest absolute Gasteiger partial charge is 0.410 e. The Morgan fingerprint density at radius 3 is 2.15 bits per heavy atom. The predicted molar refractivity (Wildman–Crippen MR) is 155 cm³/mol. The normalized spacial score (nSPS) is 15.8. The summed E-state index contributed by atoms with van der Waals surface area (Å²) in [7, 11) is 1.51. The lowest BCUT2D eigenvalue weighted by Crippen LogP contribution is -2.57. The molecule has 9 heteroatoms. The van der Waals surface area contributed by atoms with Crippen LogP contribution in [-0.4, -0.2) is 72.5 Å². The first-order chi connectivity index (χ1) is 19.7. The van der Waals surface area contributed by atoms with Gasteiger partial charge in [-0.25, -0.2) is 4.79 Å². The summed E-state index contributed by atoms with van der Waals surface area (Å²) in [5, 5.41) is 2.73. The molecule has 1 heterocycles. The van der Waals surface area contributed by atoms with Gasteiger partial charge in [-0.15, -0.1) is 0 Å². The molecular formula is C32H39N3O6. The van der Waals surface area contributed by atoms with E-state index in [2.05, 4.69) is 24.0 Å². The number of likely N-dealkylation sites (tertiary alicyclic amines) is 1. The fraction of sp³-hybridized carbons (Fsp3) is 0.438. The molecule has 0 aromatic heterocycles. The SMILES string of the molecule is C=COC(=O)C[C@H](NC(=O)[C@H](C(C)C)N(C)C(=O)OCC1c2ccccc2-c2ccccc21)C(=O)N1CCCCC1. The summed E-state index contributed by atoms with van der Waals surface area (Å²) < 4.78 is 10.6. The van der Waals surface area contributed by atoms with Crippen LogP contribution >= 0.6 is 0 Å². The highest BCUT2D eigenvalue weighted by molar-refractivity contribution is 5.93. The van der Waals surface area contributed by atoms with Crippen molar-refractivity contribution < 1.29 is 28.7 Å². The summed E-state index contributed by atoms with van der Waals surface area (Å²) in [6, 6.07) is 14.1. The number of amides is 3. The van der Waals surface area contributed by atoms with Crippen molar-refractivity contribution in [3.63, 3.8) is 0 Å². The highest BCUT2D eigenvalue weighted by atomic mass is 16.6. The number of esters is 1. The first kappa shape index (κ1) is 29.8. The lowest BCUT2D eigenvalue weighted by atomic mass is 9.98. The molecule has 1 fully saturated rings. The van der Waals surface area contributed by atoms with Crippen LogP contribution in [0, 0.1) is 5.92 Å². The molecule has 0 spiro atoms. The summed E-state index contributed by atoms with van der Waals surface area (Å²) in [5.41, 5.74) is 4.42. The largest absolute Gasteiger partial charge is 0.448 e. The molecular weight excluding hydrogens is 522 g/mol. The number of hydrogen-bond donors (Lipinski definition) is 1. The molecule has 1 aliphatic heterocycles. The van der Waals surface area contributed by atoms with Crippen LogP contribution in [0.4, 0.5) is 4.79 Å². The van der Waals surface area contributed by atoms with Gasteiger partial charge in [0.15, 0.2) is 0 Å². The molecule has 0 bridgehead atoms. The first-order valence-electron chi connectivity index (χ1n) is 14.2. The van der Waals surface area contributed by atoms with Crippen LogP contribution in [0.5, 0.6) is 0 Å². The van der Waals surface area contributed by atoms with Gasteiger partial charge in [0.1, 0.15) is 18.7 Å². The number of nitrogens with one attached hydrogen (secondary N) is 1. The average Bonchev–Trinajstić information content (AvgIpc) is 3.29. The molecule has 218 valence electrons. The zero-order valence-corrected chi connectivity index (χ0v) is 24.0. The zero-order valence-electron chi connectivity index (χ0n) is 24.0. The third-order valence-corrected chi connectivity index (χ3v) is 7.81. The Hall–Kier alpha value is -4.14. The number of benzene rings is 2. The summed E-state index contributed by atoms with van der Waals surface area (Å²) >= 11 is 0. The lowest BCUT2D eigenvalue weighted by Gasteiger charge is -2.33. The monoisotopic (exact) mass is 561 g/mol. The molecule has 0 saturated carbocycles. The highest BCUT2D eigenvalue weighted by Gasteiger charge is 2.37. The molecule has 3 amide bonds. The molecule has 2 aromatic rings. The third-order valence-electron chi connectivity index (χ3n) is 7.81. The number of ether oxygens (including phenoxy) is 2. The second kappa shape index (κ2) is 13.5. The minimum absolute atomic E-state index is 0.117. The van der Waals surface area contributed by atoms with Gasteiger partial charge in [-0.05, 0) is 47.4 Å². The van der Waals surface area contributed by atoms with Gasteiger partial charge in [-0.2, -0.15) is 0 Å². The van der Waals surface area contributed by atoms with Crippen molar-refractivity contribution in [2.75, 3.05) is 26.7 Å². The van der Waals surface area contributed by atoms with E-state index < -0.39 is 30.1 Å². The predicted octanol–water partition coefficient (Wildman–Crippen LogP) is 4.47. The Labute approximate surface area is 241 Å². The van der Waals surface area contributed by atoms with E-state index in [0.29, 0.717) is 13.1 Å². The van der Waals surface area contributed by atoms with Crippen molar-refractivity contribution in [3.8, 4) is 11.1 Å². The standard InChI is InChI=1S/C32H39N3O6/c1-5-40-28(36)19-27(31(38)35-17-11-6-12-18-35)33-30(37)29(21(2)3)34(4)32(39)41-20-26-24-15-9-7-13-22(24)23-14-8-10-16-25(23)26/h5,7-10,13-16,21,26-27,29H,1,6,11-12,17-20H2,2-4H3,(H,33,37)/t27-,29-/m0/s1. The molecule has 1 N–H and O–H groups in total. The van der Waals surface area contributed by atoms with Crippen LogP contribution in [0.25, 0.3) is 11.1 Å². The van der Waals surface area contributed by atoms with Gasteiger partial charge in [-0.3, -0.25) is 19.3 Å². The summed E-state index contributed by atoms with van der Waals surface area (Å²) in [5.74, 6) is -1.98. The van der Waals surface area contributed by atoms with E-state index >= 15 is 0 Å². The van der Waals surface area contributed by atoms with E-state index in [4.69, 9.17) is 9.47 Å². The van der Waals surface area contributed by atoms with Crippen molar-refractivity contribution >= 4 is 23.9 Å². The van der Waals surface area contributed by atoms with Crippen molar-refractivity contribution in [2.45, 2.75) is 57.5 Å². The molecule has 0 unspecified atom stereocenters. The quantitative estimate of drug-likeness (QED) is 0.339. The summed E-state index contributed by atoms with van der Waals surface area (Å²) in [6.07, 6.45) is 2.76. The number of rotatable bonds is 10. The number of hydrogen-bond acceptors (Lipinski definition) is 6. The van der Waals surface area contributed by atoms with E-state index in [1.54, 1.807) is 4.90 Å². The number of fused-ring (bicyclic) bond motifs is 3. The van der Waals surface area contributed by atoms with Gasteiger partial charge >= 0.3 is 12.1 Å². The molecule has 2 aromatic carbocycles. The Bertz CT molecular complexity index is 1240. The summed E-state index contributed by atoms with van der Waals surface area (Å²) in [6.45, 7) is 8.25. The van der Waals surface area contributed by atoms with Crippen molar-refractivity contribution in [3.05, 3.63) is 72.5 Å². The zero-order chi connectivity index (χ0) is 29.5. The molecule has 4 rings (SSSR count). The number of carbonyl (C=O) groups is 4.